The second-order valence-electron chi connectivity index (χ2n) is 6.08. The van der Waals surface area contributed by atoms with Crippen LogP contribution in [0.4, 0.5) is 5.95 Å². The first kappa shape index (κ1) is 16.3. The van der Waals surface area contributed by atoms with Crippen LogP contribution in [0, 0.1) is 6.92 Å². The first-order valence-corrected chi connectivity index (χ1v) is 7.81. The summed E-state index contributed by atoms with van der Waals surface area (Å²) >= 11 is 0. The van der Waals surface area contributed by atoms with E-state index in [2.05, 4.69) is 37.6 Å². The van der Waals surface area contributed by atoms with E-state index in [1.807, 2.05) is 26.0 Å². The van der Waals surface area contributed by atoms with Crippen molar-refractivity contribution in [3.05, 3.63) is 23.3 Å². The number of aryl methyl sites for hydroxylation is 1. The maximum Gasteiger partial charge on any atom is 0.338 e. The van der Waals surface area contributed by atoms with Crippen LogP contribution in [0.15, 0.2) is 12.1 Å². The van der Waals surface area contributed by atoms with Crippen molar-refractivity contribution >= 4 is 23.0 Å². The van der Waals surface area contributed by atoms with E-state index in [4.69, 9.17) is 9.72 Å². The summed E-state index contributed by atoms with van der Waals surface area (Å²) in [4.78, 5) is 16.8. The Morgan fingerprint density at radius 3 is 2.55 bits per heavy atom. The molecule has 0 bridgehead atoms. The second-order valence-corrected chi connectivity index (χ2v) is 6.08. The summed E-state index contributed by atoms with van der Waals surface area (Å²) in [6.07, 6.45) is 0. The minimum atomic E-state index is -0.289. The number of nitrogens with one attached hydrogen (secondary N) is 1. The van der Waals surface area contributed by atoms with Crippen LogP contribution in [0.3, 0.4) is 0 Å². The number of carbonyl (C=O) groups excluding carboxylic acids is 1. The normalized spacial score (nSPS) is 11.5. The van der Waals surface area contributed by atoms with Gasteiger partial charge < -0.3 is 14.6 Å². The van der Waals surface area contributed by atoms with Crippen LogP contribution in [0.1, 0.15) is 56.6 Å². The number of fused-ring (bicyclic) bond motifs is 1. The number of carbonyl (C=O) groups is 1. The van der Waals surface area contributed by atoms with Gasteiger partial charge in [0.25, 0.3) is 0 Å². The Kier molecular flexibility index (Phi) is 4.74. The third kappa shape index (κ3) is 3.08. The third-order valence-electron chi connectivity index (χ3n) is 3.43. The van der Waals surface area contributed by atoms with Crippen molar-refractivity contribution in [3.63, 3.8) is 0 Å². The summed E-state index contributed by atoms with van der Waals surface area (Å²) in [5, 5.41) is 3.38. The Balaban J connectivity index is 2.64. The highest BCUT2D eigenvalue weighted by Gasteiger charge is 2.18. The van der Waals surface area contributed by atoms with Crippen molar-refractivity contribution in [2.45, 2.75) is 53.6 Å². The lowest BCUT2D eigenvalue weighted by atomic mass is 10.1. The summed E-state index contributed by atoms with van der Waals surface area (Å²) in [6.45, 7) is 12.5. The standard InChI is InChI=1S/C17H25N3O2/c1-7-22-16(21)13-8-12(6)15-14(9-13)20(11(4)5)17(19-15)18-10(2)3/h8-11H,7H2,1-6H3,(H,18,19). The molecule has 1 heterocycles. The van der Waals surface area contributed by atoms with Crippen LogP contribution in [0.25, 0.3) is 11.0 Å². The van der Waals surface area contributed by atoms with Gasteiger partial charge in [-0.1, -0.05) is 0 Å². The molecule has 0 fully saturated rings. The molecular weight excluding hydrogens is 278 g/mol. The fourth-order valence-electron chi connectivity index (χ4n) is 2.58. The number of aromatic nitrogens is 2. The molecule has 0 radical (unpaired) electrons. The Morgan fingerprint density at radius 1 is 1.32 bits per heavy atom. The highest BCUT2D eigenvalue weighted by Crippen LogP contribution is 2.28. The smallest absolute Gasteiger partial charge is 0.338 e. The van der Waals surface area contributed by atoms with Gasteiger partial charge in [0.15, 0.2) is 0 Å². The van der Waals surface area contributed by atoms with Gasteiger partial charge >= 0.3 is 5.97 Å². The van der Waals surface area contributed by atoms with Crippen LogP contribution < -0.4 is 5.32 Å². The number of imidazole rings is 1. The number of benzene rings is 1. The topological polar surface area (TPSA) is 56.1 Å². The zero-order valence-corrected chi connectivity index (χ0v) is 14.2. The Hall–Kier alpha value is -2.04. The number of rotatable bonds is 5. The number of ether oxygens (including phenoxy) is 1. The van der Waals surface area contributed by atoms with E-state index >= 15 is 0 Å². The Bertz CT molecular complexity index is 687. The molecule has 2 aromatic rings. The molecule has 2 rings (SSSR count). The molecule has 0 spiro atoms. The molecule has 0 aliphatic rings. The Labute approximate surface area is 131 Å². The van der Waals surface area contributed by atoms with Gasteiger partial charge in [0.1, 0.15) is 0 Å². The van der Waals surface area contributed by atoms with Crippen molar-refractivity contribution in [2.24, 2.45) is 0 Å². The number of esters is 1. The zero-order chi connectivity index (χ0) is 16.4. The van der Waals surface area contributed by atoms with Gasteiger partial charge in [-0.15, -0.1) is 0 Å². The van der Waals surface area contributed by atoms with E-state index in [0.29, 0.717) is 18.2 Å². The molecule has 0 unspecified atom stereocenters. The number of nitrogens with zero attached hydrogens (tertiary/aromatic N) is 2. The molecule has 0 aliphatic carbocycles. The van der Waals surface area contributed by atoms with Crippen molar-refractivity contribution in [2.75, 3.05) is 11.9 Å². The average molecular weight is 303 g/mol. The number of hydrogen-bond donors (Lipinski definition) is 1. The van der Waals surface area contributed by atoms with Crippen LogP contribution in [0.2, 0.25) is 0 Å². The van der Waals surface area contributed by atoms with Crippen LogP contribution >= 0.6 is 0 Å². The maximum absolute atomic E-state index is 12.0. The van der Waals surface area contributed by atoms with Crippen LogP contribution in [-0.4, -0.2) is 28.2 Å². The SMILES string of the molecule is CCOC(=O)c1cc(C)c2nc(NC(C)C)n(C(C)C)c2c1. The van der Waals surface area contributed by atoms with Crippen LogP contribution in [-0.2, 0) is 4.74 Å². The molecule has 0 saturated carbocycles. The lowest BCUT2D eigenvalue weighted by Crippen LogP contribution is -2.15. The molecule has 0 aliphatic heterocycles. The number of hydrogen-bond acceptors (Lipinski definition) is 4. The van der Waals surface area contributed by atoms with Gasteiger partial charge in [-0.05, 0) is 59.2 Å². The van der Waals surface area contributed by atoms with Gasteiger partial charge in [0, 0.05) is 12.1 Å². The van der Waals surface area contributed by atoms with E-state index in [0.717, 1.165) is 22.5 Å². The summed E-state index contributed by atoms with van der Waals surface area (Å²) < 4.78 is 7.25. The molecular formula is C17H25N3O2. The predicted octanol–water partition coefficient (Wildman–Crippen LogP) is 3.92. The quantitative estimate of drug-likeness (QED) is 0.851. The molecule has 1 N–H and O–H groups in total. The van der Waals surface area contributed by atoms with E-state index in [-0.39, 0.29) is 12.0 Å². The molecule has 5 nitrogen and oxygen atoms in total. The maximum atomic E-state index is 12.0. The van der Waals surface area contributed by atoms with E-state index in [1.54, 1.807) is 0 Å². The molecule has 0 atom stereocenters. The van der Waals surface area contributed by atoms with Crippen molar-refractivity contribution in [3.8, 4) is 0 Å². The van der Waals surface area contributed by atoms with Gasteiger partial charge in [0.05, 0.1) is 23.2 Å². The average Bonchev–Trinajstić information content (AvgIpc) is 2.76. The van der Waals surface area contributed by atoms with Crippen molar-refractivity contribution < 1.29 is 9.53 Å². The van der Waals surface area contributed by atoms with Crippen molar-refractivity contribution in [1.82, 2.24) is 9.55 Å². The van der Waals surface area contributed by atoms with Crippen molar-refractivity contribution in [1.29, 1.82) is 0 Å². The van der Waals surface area contributed by atoms with Gasteiger partial charge in [-0.25, -0.2) is 9.78 Å². The molecule has 5 heteroatoms. The van der Waals surface area contributed by atoms with Gasteiger partial charge in [-0.3, -0.25) is 0 Å². The molecule has 1 aromatic heterocycles. The highest BCUT2D eigenvalue weighted by molar-refractivity contribution is 5.95. The largest absolute Gasteiger partial charge is 0.462 e. The van der Waals surface area contributed by atoms with E-state index in [1.165, 1.54) is 0 Å². The predicted molar refractivity (Wildman–Crippen MR) is 89.6 cm³/mol. The zero-order valence-electron chi connectivity index (χ0n) is 14.2. The van der Waals surface area contributed by atoms with Gasteiger partial charge in [0.2, 0.25) is 5.95 Å². The summed E-state index contributed by atoms with van der Waals surface area (Å²) in [5.41, 5.74) is 3.43. The third-order valence-corrected chi connectivity index (χ3v) is 3.43. The highest BCUT2D eigenvalue weighted by atomic mass is 16.5. The van der Waals surface area contributed by atoms with Gasteiger partial charge in [-0.2, -0.15) is 0 Å². The van der Waals surface area contributed by atoms with E-state index < -0.39 is 0 Å². The lowest BCUT2D eigenvalue weighted by Gasteiger charge is -2.16. The molecule has 0 saturated heterocycles. The summed E-state index contributed by atoms with van der Waals surface area (Å²) in [6, 6.07) is 4.25. The Morgan fingerprint density at radius 2 is 2.00 bits per heavy atom. The first-order valence-electron chi connectivity index (χ1n) is 7.81. The second kappa shape index (κ2) is 6.38. The molecule has 120 valence electrons. The fourth-order valence-corrected chi connectivity index (χ4v) is 2.58. The van der Waals surface area contributed by atoms with Crippen LogP contribution in [0.5, 0.6) is 0 Å². The number of anilines is 1. The van der Waals surface area contributed by atoms with E-state index in [9.17, 15) is 4.79 Å². The summed E-state index contributed by atoms with van der Waals surface area (Å²) in [5.74, 6) is 0.548. The molecule has 0 amide bonds. The minimum Gasteiger partial charge on any atom is -0.462 e. The first-order chi connectivity index (χ1) is 10.3. The lowest BCUT2D eigenvalue weighted by molar-refractivity contribution is 0.0526. The summed E-state index contributed by atoms with van der Waals surface area (Å²) in [7, 11) is 0. The minimum absolute atomic E-state index is 0.239. The fraction of sp³-hybridized carbons (Fsp3) is 0.529. The molecule has 1 aromatic carbocycles. The molecule has 22 heavy (non-hydrogen) atoms. The monoisotopic (exact) mass is 303 g/mol.